The number of rotatable bonds is 5. The molecule has 3 fully saturated rings. The first-order valence-electron chi connectivity index (χ1n) is 13.3. The number of hydrogen-bond acceptors (Lipinski definition) is 7. The Hall–Kier alpha value is -3.49. The van der Waals surface area contributed by atoms with Crippen molar-refractivity contribution in [3.63, 3.8) is 0 Å². The molecule has 0 radical (unpaired) electrons. The van der Waals surface area contributed by atoms with E-state index in [1.54, 1.807) is 6.33 Å². The summed E-state index contributed by atoms with van der Waals surface area (Å²) in [6.07, 6.45) is 6.31. The van der Waals surface area contributed by atoms with Gasteiger partial charge in [-0.05, 0) is 74.5 Å². The highest BCUT2D eigenvalue weighted by atomic mass is 16.5. The standard InChI is InChI=1S/C29H33N7O/c1-34-15-22(16-34)35-17-29(18-35)13-11-21(12-14-29)36-28-25(27(30)31-19-32-28)26(33-36)20-7-9-24(10-8-20)37-23-5-3-2-4-6-23/h2-10,19,21-22H,11-18H2,1H3,(H2,30,31,32). The Morgan fingerprint density at radius 3 is 2.30 bits per heavy atom. The summed E-state index contributed by atoms with van der Waals surface area (Å²) in [5, 5.41) is 5.94. The van der Waals surface area contributed by atoms with Crippen LogP contribution in [0.3, 0.4) is 0 Å². The summed E-state index contributed by atoms with van der Waals surface area (Å²) in [5.41, 5.74) is 9.53. The summed E-state index contributed by atoms with van der Waals surface area (Å²) in [7, 11) is 2.21. The van der Waals surface area contributed by atoms with E-state index in [0.717, 1.165) is 52.7 Å². The molecule has 190 valence electrons. The normalized spacial score (nSPS) is 20.7. The Morgan fingerprint density at radius 2 is 1.59 bits per heavy atom. The van der Waals surface area contributed by atoms with E-state index in [1.165, 1.54) is 39.0 Å². The lowest BCUT2D eigenvalue weighted by Crippen LogP contribution is -2.68. The third-order valence-electron chi connectivity index (χ3n) is 8.62. The Morgan fingerprint density at radius 1 is 0.892 bits per heavy atom. The maximum absolute atomic E-state index is 6.38. The summed E-state index contributed by atoms with van der Waals surface area (Å²) in [5.74, 6) is 2.07. The molecular weight excluding hydrogens is 462 g/mol. The summed E-state index contributed by atoms with van der Waals surface area (Å²) >= 11 is 0. The fraction of sp³-hybridized carbons (Fsp3) is 0.414. The zero-order valence-electron chi connectivity index (χ0n) is 21.3. The first kappa shape index (κ1) is 22.7. The van der Waals surface area contributed by atoms with Gasteiger partial charge in [0.05, 0.1) is 11.4 Å². The summed E-state index contributed by atoms with van der Waals surface area (Å²) in [6, 6.07) is 18.9. The van der Waals surface area contributed by atoms with E-state index in [9.17, 15) is 0 Å². The number of nitrogens with zero attached hydrogens (tertiary/aromatic N) is 6. The van der Waals surface area contributed by atoms with E-state index in [1.807, 2.05) is 54.6 Å². The zero-order valence-corrected chi connectivity index (χ0v) is 21.3. The van der Waals surface area contributed by atoms with E-state index in [4.69, 9.17) is 15.6 Å². The van der Waals surface area contributed by atoms with Gasteiger partial charge in [0.1, 0.15) is 29.3 Å². The van der Waals surface area contributed by atoms with E-state index in [0.29, 0.717) is 17.3 Å². The van der Waals surface area contributed by atoms with Crippen molar-refractivity contribution in [2.24, 2.45) is 5.41 Å². The minimum absolute atomic E-state index is 0.334. The molecule has 2 aromatic carbocycles. The minimum Gasteiger partial charge on any atom is -0.457 e. The summed E-state index contributed by atoms with van der Waals surface area (Å²) in [6.45, 7) is 4.97. The van der Waals surface area contributed by atoms with Gasteiger partial charge in [0.15, 0.2) is 5.65 Å². The lowest BCUT2D eigenvalue weighted by atomic mass is 9.66. The predicted molar refractivity (Wildman–Crippen MR) is 144 cm³/mol. The summed E-state index contributed by atoms with van der Waals surface area (Å²) < 4.78 is 8.10. The average Bonchev–Trinajstić information content (AvgIpc) is 3.28. The van der Waals surface area contributed by atoms with Crippen molar-refractivity contribution in [1.82, 2.24) is 29.5 Å². The number of likely N-dealkylation sites (N-methyl/N-ethyl adjacent to an activating group) is 1. The third kappa shape index (κ3) is 4.04. The second-order valence-electron chi connectivity index (χ2n) is 11.2. The van der Waals surface area contributed by atoms with Crippen molar-refractivity contribution in [2.75, 3.05) is 39.0 Å². The van der Waals surface area contributed by atoms with Gasteiger partial charge in [-0.25, -0.2) is 14.6 Å². The molecular formula is C29H33N7O. The molecule has 1 saturated carbocycles. The molecule has 37 heavy (non-hydrogen) atoms. The molecule has 1 aliphatic carbocycles. The molecule has 0 bridgehead atoms. The van der Waals surface area contributed by atoms with Gasteiger partial charge in [-0.15, -0.1) is 0 Å². The number of nitrogens with two attached hydrogens (primary N) is 1. The van der Waals surface area contributed by atoms with Crippen LogP contribution in [0.5, 0.6) is 11.5 Å². The lowest BCUT2D eigenvalue weighted by Gasteiger charge is -2.59. The second-order valence-corrected chi connectivity index (χ2v) is 11.2. The van der Waals surface area contributed by atoms with Crippen LogP contribution in [0.25, 0.3) is 22.3 Å². The smallest absolute Gasteiger partial charge is 0.164 e. The van der Waals surface area contributed by atoms with Crippen molar-refractivity contribution in [3.05, 3.63) is 60.9 Å². The minimum atomic E-state index is 0.334. The number of fused-ring (bicyclic) bond motifs is 1. The second kappa shape index (κ2) is 8.82. The van der Waals surface area contributed by atoms with Gasteiger partial charge in [-0.1, -0.05) is 18.2 Å². The first-order valence-corrected chi connectivity index (χ1v) is 13.3. The van der Waals surface area contributed by atoms with Crippen LogP contribution >= 0.6 is 0 Å². The number of hydrogen-bond donors (Lipinski definition) is 1. The van der Waals surface area contributed by atoms with E-state index < -0.39 is 0 Å². The molecule has 3 aliphatic rings. The molecule has 4 heterocycles. The van der Waals surface area contributed by atoms with Crippen LogP contribution in [0.1, 0.15) is 31.7 Å². The van der Waals surface area contributed by atoms with Crippen LogP contribution in [-0.2, 0) is 0 Å². The third-order valence-corrected chi connectivity index (χ3v) is 8.62. The predicted octanol–water partition coefficient (Wildman–Crippen LogP) is 4.60. The topological polar surface area (TPSA) is 85.3 Å². The van der Waals surface area contributed by atoms with Crippen molar-refractivity contribution < 1.29 is 4.74 Å². The van der Waals surface area contributed by atoms with Crippen molar-refractivity contribution >= 4 is 16.9 Å². The molecule has 0 atom stereocenters. The molecule has 0 amide bonds. The SMILES string of the molecule is CN1CC(N2CC3(CCC(n4nc(-c5ccc(Oc6ccccc6)cc5)c5c(N)ncnc54)CC3)C2)C1. The molecule has 2 aromatic heterocycles. The van der Waals surface area contributed by atoms with Gasteiger partial charge in [-0.2, -0.15) is 5.10 Å². The molecule has 4 aromatic rings. The first-order chi connectivity index (χ1) is 18.1. The molecule has 2 aliphatic heterocycles. The Labute approximate surface area is 217 Å². The molecule has 1 spiro atoms. The van der Waals surface area contributed by atoms with Crippen molar-refractivity contribution in [1.29, 1.82) is 0 Å². The molecule has 7 rings (SSSR count). The number of benzene rings is 2. The lowest BCUT2D eigenvalue weighted by molar-refractivity contribution is -0.0952. The summed E-state index contributed by atoms with van der Waals surface area (Å²) in [4.78, 5) is 14.0. The Bertz CT molecular complexity index is 1400. The Kier molecular flexibility index (Phi) is 5.41. The highest BCUT2D eigenvalue weighted by Gasteiger charge is 2.49. The van der Waals surface area contributed by atoms with Crippen LogP contribution in [0.4, 0.5) is 5.82 Å². The highest BCUT2D eigenvalue weighted by Crippen LogP contribution is 2.48. The highest BCUT2D eigenvalue weighted by molar-refractivity contribution is 5.98. The van der Waals surface area contributed by atoms with Crippen LogP contribution in [0.15, 0.2) is 60.9 Å². The zero-order chi connectivity index (χ0) is 25.0. The monoisotopic (exact) mass is 495 g/mol. The largest absolute Gasteiger partial charge is 0.457 e. The number of aromatic nitrogens is 4. The molecule has 8 heteroatoms. The van der Waals surface area contributed by atoms with Crippen molar-refractivity contribution in [3.8, 4) is 22.8 Å². The van der Waals surface area contributed by atoms with E-state index >= 15 is 0 Å². The quantitative estimate of drug-likeness (QED) is 0.433. The van der Waals surface area contributed by atoms with Gasteiger partial charge >= 0.3 is 0 Å². The van der Waals surface area contributed by atoms with Gasteiger partial charge in [0.25, 0.3) is 0 Å². The maximum Gasteiger partial charge on any atom is 0.164 e. The fourth-order valence-corrected chi connectivity index (χ4v) is 6.50. The van der Waals surface area contributed by atoms with E-state index in [2.05, 4.69) is 31.5 Å². The van der Waals surface area contributed by atoms with Gasteiger partial charge < -0.3 is 15.4 Å². The fourth-order valence-electron chi connectivity index (χ4n) is 6.50. The van der Waals surface area contributed by atoms with Crippen LogP contribution in [0, 0.1) is 5.41 Å². The van der Waals surface area contributed by atoms with Gasteiger partial charge in [0, 0.05) is 37.8 Å². The molecule has 8 nitrogen and oxygen atoms in total. The van der Waals surface area contributed by atoms with Gasteiger partial charge in [-0.3, -0.25) is 4.90 Å². The number of anilines is 1. The number of likely N-dealkylation sites (tertiary alicyclic amines) is 2. The molecule has 0 unspecified atom stereocenters. The maximum atomic E-state index is 6.38. The average molecular weight is 496 g/mol. The molecule has 2 N–H and O–H groups in total. The van der Waals surface area contributed by atoms with Crippen LogP contribution in [-0.4, -0.2) is 68.8 Å². The number of ether oxygens (including phenoxy) is 1. The van der Waals surface area contributed by atoms with Crippen LogP contribution < -0.4 is 10.5 Å². The van der Waals surface area contributed by atoms with Crippen LogP contribution in [0.2, 0.25) is 0 Å². The molecule has 2 saturated heterocycles. The number of nitrogen functional groups attached to an aromatic ring is 1. The van der Waals surface area contributed by atoms with E-state index in [-0.39, 0.29) is 0 Å². The number of para-hydroxylation sites is 1. The van der Waals surface area contributed by atoms with Gasteiger partial charge in [0.2, 0.25) is 0 Å². The van der Waals surface area contributed by atoms with Crippen molar-refractivity contribution in [2.45, 2.75) is 37.8 Å². The Balaban J connectivity index is 1.11.